The lowest BCUT2D eigenvalue weighted by atomic mass is 9.87. The number of rotatable bonds is 5. The molecule has 2 rings (SSSR count). The van der Waals surface area contributed by atoms with E-state index in [2.05, 4.69) is 57.1 Å². The molecule has 1 aromatic rings. The Bertz CT molecular complexity index is 425. The zero-order valence-electron chi connectivity index (χ0n) is 14.4. The van der Waals surface area contributed by atoms with Crippen molar-refractivity contribution in [2.75, 3.05) is 7.05 Å². The molecule has 1 aromatic heterocycles. The Labute approximate surface area is 130 Å². The zero-order chi connectivity index (χ0) is 15.5. The van der Waals surface area contributed by atoms with Crippen LogP contribution in [0.4, 0.5) is 0 Å². The number of nitrogens with zero attached hydrogens (tertiary/aromatic N) is 1. The molecule has 0 aliphatic heterocycles. The second kappa shape index (κ2) is 6.97. The maximum absolute atomic E-state index is 5.96. The molecule has 21 heavy (non-hydrogen) atoms. The fourth-order valence-electron chi connectivity index (χ4n) is 3.01. The van der Waals surface area contributed by atoms with E-state index >= 15 is 0 Å². The Morgan fingerprint density at radius 3 is 2.38 bits per heavy atom. The first-order chi connectivity index (χ1) is 9.83. The largest absolute Gasteiger partial charge is 0.463 e. The van der Waals surface area contributed by atoms with E-state index in [4.69, 9.17) is 4.42 Å². The zero-order valence-corrected chi connectivity index (χ0v) is 14.4. The van der Waals surface area contributed by atoms with Crippen LogP contribution < -0.4 is 5.32 Å². The Morgan fingerprint density at radius 2 is 1.76 bits per heavy atom. The third-order valence-electron chi connectivity index (χ3n) is 4.52. The van der Waals surface area contributed by atoms with E-state index in [0.29, 0.717) is 0 Å². The van der Waals surface area contributed by atoms with Crippen molar-refractivity contribution in [2.24, 2.45) is 5.92 Å². The smallest absolute Gasteiger partial charge is 0.118 e. The highest BCUT2D eigenvalue weighted by Gasteiger charge is 2.22. The summed E-state index contributed by atoms with van der Waals surface area (Å²) in [5.74, 6) is 3.03. The van der Waals surface area contributed by atoms with Crippen molar-refractivity contribution >= 4 is 0 Å². The molecule has 0 saturated heterocycles. The Hall–Kier alpha value is -0.800. The fourth-order valence-corrected chi connectivity index (χ4v) is 3.01. The molecule has 1 N–H and O–H groups in total. The predicted molar refractivity (Wildman–Crippen MR) is 88.2 cm³/mol. The predicted octanol–water partition coefficient (Wildman–Crippen LogP) is 4.18. The van der Waals surface area contributed by atoms with Gasteiger partial charge >= 0.3 is 0 Å². The highest BCUT2D eigenvalue weighted by atomic mass is 16.3. The summed E-state index contributed by atoms with van der Waals surface area (Å²) in [5, 5.41) is 3.47. The van der Waals surface area contributed by atoms with Crippen LogP contribution in [-0.2, 0) is 13.1 Å². The summed E-state index contributed by atoms with van der Waals surface area (Å²) >= 11 is 0. The maximum Gasteiger partial charge on any atom is 0.118 e. The minimum Gasteiger partial charge on any atom is -0.463 e. The van der Waals surface area contributed by atoms with E-state index in [9.17, 15) is 0 Å². The molecule has 0 unspecified atom stereocenters. The van der Waals surface area contributed by atoms with Gasteiger partial charge in [0.2, 0.25) is 0 Å². The molecule has 120 valence electrons. The first-order valence-electron chi connectivity index (χ1n) is 8.36. The summed E-state index contributed by atoms with van der Waals surface area (Å²) in [5.41, 5.74) is 0.128. The average Bonchev–Trinajstić information content (AvgIpc) is 2.84. The van der Waals surface area contributed by atoms with Crippen LogP contribution in [0.2, 0.25) is 0 Å². The third kappa shape index (κ3) is 5.48. The second-order valence-electron chi connectivity index (χ2n) is 7.80. The molecule has 0 atom stereocenters. The lowest BCUT2D eigenvalue weighted by Gasteiger charge is -2.33. The van der Waals surface area contributed by atoms with Crippen molar-refractivity contribution in [1.82, 2.24) is 10.2 Å². The summed E-state index contributed by atoms with van der Waals surface area (Å²) in [7, 11) is 2.23. The standard InChI is InChI=1S/C18H32N2O/c1-14-6-8-15(9-7-14)20(5)13-17-11-10-16(21-17)12-19-18(2,3)4/h10-11,14-15,19H,6-9,12-13H2,1-5H3. The van der Waals surface area contributed by atoms with Crippen LogP contribution in [0.25, 0.3) is 0 Å². The molecule has 3 heteroatoms. The van der Waals surface area contributed by atoms with Gasteiger partial charge < -0.3 is 9.73 Å². The number of hydrogen-bond acceptors (Lipinski definition) is 3. The third-order valence-corrected chi connectivity index (χ3v) is 4.52. The van der Waals surface area contributed by atoms with Crippen molar-refractivity contribution in [3.8, 4) is 0 Å². The van der Waals surface area contributed by atoms with E-state index in [0.717, 1.165) is 36.6 Å². The molecule has 0 radical (unpaired) electrons. The van der Waals surface area contributed by atoms with Crippen LogP contribution in [0.1, 0.15) is 64.9 Å². The molecule has 0 spiro atoms. The fraction of sp³-hybridized carbons (Fsp3) is 0.778. The minimum absolute atomic E-state index is 0.128. The van der Waals surface area contributed by atoms with E-state index < -0.39 is 0 Å². The van der Waals surface area contributed by atoms with Gasteiger partial charge in [-0.2, -0.15) is 0 Å². The molecule has 1 aliphatic carbocycles. The quantitative estimate of drug-likeness (QED) is 0.882. The van der Waals surface area contributed by atoms with E-state index in [1.807, 2.05) is 0 Å². The minimum atomic E-state index is 0.128. The molecular formula is C18H32N2O. The second-order valence-corrected chi connectivity index (χ2v) is 7.80. The van der Waals surface area contributed by atoms with Gasteiger partial charge in [0.05, 0.1) is 13.1 Å². The van der Waals surface area contributed by atoms with Gasteiger partial charge in [0, 0.05) is 11.6 Å². The van der Waals surface area contributed by atoms with E-state index in [1.54, 1.807) is 0 Å². The van der Waals surface area contributed by atoms with Gasteiger partial charge in [-0.25, -0.2) is 0 Å². The molecule has 0 amide bonds. The van der Waals surface area contributed by atoms with Gasteiger partial charge in [-0.3, -0.25) is 4.90 Å². The topological polar surface area (TPSA) is 28.4 Å². The van der Waals surface area contributed by atoms with Gasteiger partial charge in [-0.1, -0.05) is 6.92 Å². The average molecular weight is 292 g/mol. The van der Waals surface area contributed by atoms with Crippen LogP contribution in [0.5, 0.6) is 0 Å². The molecule has 0 aromatic carbocycles. The van der Waals surface area contributed by atoms with Crippen molar-refractivity contribution in [1.29, 1.82) is 0 Å². The monoisotopic (exact) mass is 292 g/mol. The van der Waals surface area contributed by atoms with Gasteiger partial charge in [0.25, 0.3) is 0 Å². The van der Waals surface area contributed by atoms with Crippen LogP contribution in [0.3, 0.4) is 0 Å². The van der Waals surface area contributed by atoms with Gasteiger partial charge in [-0.15, -0.1) is 0 Å². The summed E-state index contributed by atoms with van der Waals surface area (Å²) < 4.78 is 5.96. The van der Waals surface area contributed by atoms with Crippen molar-refractivity contribution in [3.05, 3.63) is 23.7 Å². The molecular weight excluding hydrogens is 260 g/mol. The highest BCUT2D eigenvalue weighted by Crippen LogP contribution is 2.27. The summed E-state index contributed by atoms with van der Waals surface area (Å²) in [6, 6.07) is 4.95. The maximum atomic E-state index is 5.96. The van der Waals surface area contributed by atoms with E-state index in [-0.39, 0.29) is 5.54 Å². The summed E-state index contributed by atoms with van der Waals surface area (Å²) in [4.78, 5) is 2.46. The molecule has 1 aliphatic rings. The van der Waals surface area contributed by atoms with Crippen LogP contribution in [0, 0.1) is 5.92 Å². The Morgan fingerprint density at radius 1 is 1.14 bits per heavy atom. The number of hydrogen-bond donors (Lipinski definition) is 1. The van der Waals surface area contributed by atoms with Crippen LogP contribution >= 0.6 is 0 Å². The molecule has 0 bridgehead atoms. The SMILES string of the molecule is CC1CCC(N(C)Cc2ccc(CNC(C)(C)C)o2)CC1. The number of furan rings is 1. The first-order valence-corrected chi connectivity index (χ1v) is 8.36. The summed E-state index contributed by atoms with van der Waals surface area (Å²) in [6.07, 6.45) is 5.40. The molecule has 1 heterocycles. The van der Waals surface area contributed by atoms with Crippen molar-refractivity contribution < 1.29 is 4.42 Å². The molecule has 1 fully saturated rings. The van der Waals surface area contributed by atoms with Crippen LogP contribution in [0.15, 0.2) is 16.5 Å². The molecule has 3 nitrogen and oxygen atoms in total. The Kier molecular flexibility index (Phi) is 5.50. The van der Waals surface area contributed by atoms with Crippen molar-refractivity contribution in [3.63, 3.8) is 0 Å². The molecule has 1 saturated carbocycles. The van der Waals surface area contributed by atoms with Crippen molar-refractivity contribution in [2.45, 2.75) is 78.0 Å². The van der Waals surface area contributed by atoms with Gasteiger partial charge in [0.15, 0.2) is 0 Å². The lowest BCUT2D eigenvalue weighted by Crippen LogP contribution is -2.35. The normalized spacial score (nSPS) is 23.7. The lowest BCUT2D eigenvalue weighted by molar-refractivity contribution is 0.153. The van der Waals surface area contributed by atoms with Gasteiger partial charge in [-0.05, 0) is 71.6 Å². The van der Waals surface area contributed by atoms with Crippen LogP contribution in [-0.4, -0.2) is 23.5 Å². The number of nitrogens with one attached hydrogen (secondary N) is 1. The van der Waals surface area contributed by atoms with E-state index in [1.165, 1.54) is 25.7 Å². The highest BCUT2D eigenvalue weighted by molar-refractivity contribution is 5.07. The first kappa shape index (κ1) is 16.6. The Balaban J connectivity index is 1.81. The van der Waals surface area contributed by atoms with Gasteiger partial charge in [0.1, 0.15) is 11.5 Å². The summed E-state index contributed by atoms with van der Waals surface area (Å²) in [6.45, 7) is 10.6.